The number of ether oxygens (including phenoxy) is 1. The monoisotopic (exact) mass is 646 g/mol. The molecule has 0 aliphatic heterocycles. The number of carbonyl (C=O) groups excluding carboxylic acids is 1. The predicted molar refractivity (Wildman–Crippen MR) is 184 cm³/mol. The lowest BCUT2D eigenvalue weighted by molar-refractivity contribution is -0.148. The summed E-state index contributed by atoms with van der Waals surface area (Å²) in [6.45, 7) is 27.5. The Bertz CT molecular complexity index is 1320. The number of carboxylic acid groups (broad SMARTS) is 1. The fourth-order valence-electron chi connectivity index (χ4n) is 4.99. The van der Waals surface area contributed by atoms with Crippen LogP contribution < -0.4 is 0 Å². The van der Waals surface area contributed by atoms with Gasteiger partial charge in [-0.15, -0.1) is 23.5 Å². The van der Waals surface area contributed by atoms with E-state index in [0.717, 1.165) is 32.0 Å². The quantitative estimate of drug-likeness (QED) is 0.126. The minimum Gasteiger partial charge on any atom is -0.507 e. The Labute approximate surface area is 273 Å². The van der Waals surface area contributed by atoms with Crippen molar-refractivity contribution in [2.45, 2.75) is 145 Å². The van der Waals surface area contributed by atoms with E-state index in [1.54, 1.807) is 23.5 Å². The molecule has 2 aromatic rings. The first kappa shape index (κ1) is 37.9. The van der Waals surface area contributed by atoms with Gasteiger partial charge >= 0.3 is 11.9 Å². The Kier molecular flexibility index (Phi) is 11.7. The Hall–Kier alpha value is -2.32. The molecule has 0 aliphatic rings. The predicted octanol–water partition coefficient (Wildman–Crippen LogP) is 9.69. The molecule has 0 aromatic heterocycles. The van der Waals surface area contributed by atoms with Crippen molar-refractivity contribution < 1.29 is 29.6 Å². The Morgan fingerprint density at radius 1 is 0.636 bits per heavy atom. The third kappa shape index (κ3) is 10.4. The maximum Gasteiger partial charge on any atom is 0.306 e. The van der Waals surface area contributed by atoms with E-state index < -0.39 is 17.4 Å². The van der Waals surface area contributed by atoms with Crippen LogP contribution in [-0.2, 0) is 36.0 Å². The van der Waals surface area contributed by atoms with Crippen LogP contribution in [-0.4, -0.2) is 37.9 Å². The first-order valence-corrected chi connectivity index (χ1v) is 16.9. The minimum atomic E-state index is -1.04. The number of phenolic OH excluding ortho intramolecular Hbond substituents is 2. The molecule has 6 nitrogen and oxygen atoms in total. The standard InChI is InChI=1S/C36H54O6S2/c1-32(2,3)24-18-22(19-25(30(24)40)33(4,5)6)43-36(12,13)44-23-20-26(34(7,8)9)31(41)27(21-23)35(10,11)16-17-42-29(39)15-14-28(37)38/h18-21,40-41H,14-17H2,1-13H3,(H,37,38). The van der Waals surface area contributed by atoms with Crippen LogP contribution in [0.2, 0.25) is 0 Å². The molecule has 0 radical (unpaired) electrons. The van der Waals surface area contributed by atoms with Gasteiger partial charge < -0.3 is 20.1 Å². The van der Waals surface area contributed by atoms with Crippen molar-refractivity contribution in [2.24, 2.45) is 0 Å². The molecule has 0 amide bonds. The number of carboxylic acids is 1. The van der Waals surface area contributed by atoms with Gasteiger partial charge in [-0.05, 0) is 66.2 Å². The van der Waals surface area contributed by atoms with Crippen LogP contribution in [0.3, 0.4) is 0 Å². The van der Waals surface area contributed by atoms with Gasteiger partial charge in [0.15, 0.2) is 0 Å². The molecule has 0 fully saturated rings. The molecule has 0 unspecified atom stereocenters. The first-order chi connectivity index (χ1) is 19.7. The fraction of sp³-hybridized carbons (Fsp3) is 0.611. The lowest BCUT2D eigenvalue weighted by atomic mass is 9.77. The molecule has 2 rings (SSSR count). The molecule has 0 aliphatic carbocycles. The molecule has 8 heteroatoms. The molecule has 246 valence electrons. The number of benzene rings is 2. The highest BCUT2D eigenvalue weighted by Crippen LogP contribution is 2.51. The summed E-state index contributed by atoms with van der Waals surface area (Å²) in [6, 6.07) is 8.34. The number of carbonyl (C=O) groups is 2. The highest BCUT2D eigenvalue weighted by atomic mass is 32.2. The summed E-state index contributed by atoms with van der Waals surface area (Å²) in [5.74, 6) is -0.957. The second-order valence-corrected chi connectivity index (χ2v) is 19.5. The molecular weight excluding hydrogens is 593 g/mol. The van der Waals surface area contributed by atoms with E-state index >= 15 is 0 Å². The topological polar surface area (TPSA) is 104 Å². The number of hydrogen-bond donors (Lipinski definition) is 3. The summed E-state index contributed by atoms with van der Waals surface area (Å²) in [5, 5.41) is 31.5. The second kappa shape index (κ2) is 13.6. The zero-order valence-electron chi connectivity index (χ0n) is 29.0. The van der Waals surface area contributed by atoms with Crippen LogP contribution in [0.25, 0.3) is 0 Å². The van der Waals surface area contributed by atoms with E-state index in [-0.39, 0.29) is 45.5 Å². The zero-order chi connectivity index (χ0) is 34.1. The van der Waals surface area contributed by atoms with E-state index in [1.165, 1.54) is 0 Å². The molecule has 0 heterocycles. The summed E-state index contributed by atoms with van der Waals surface area (Å²) in [5.41, 5.74) is 2.21. The average molecular weight is 647 g/mol. The number of esters is 1. The summed E-state index contributed by atoms with van der Waals surface area (Å²) >= 11 is 3.48. The van der Waals surface area contributed by atoms with E-state index in [9.17, 15) is 19.8 Å². The number of rotatable bonds is 11. The first-order valence-electron chi connectivity index (χ1n) is 15.3. The largest absolute Gasteiger partial charge is 0.507 e. The summed E-state index contributed by atoms with van der Waals surface area (Å²) < 4.78 is 5.03. The SMILES string of the molecule is CC(C)(Sc1cc(C(C)(C)C)c(O)c(C(C)(C)C)c1)Sc1cc(C(C)(C)C)c(O)c(C(C)(C)CCOC(=O)CCC(=O)O)c1. The van der Waals surface area contributed by atoms with Crippen LogP contribution in [0.15, 0.2) is 34.1 Å². The highest BCUT2D eigenvalue weighted by Gasteiger charge is 2.33. The van der Waals surface area contributed by atoms with Crippen LogP contribution in [0.1, 0.15) is 132 Å². The third-order valence-electron chi connectivity index (χ3n) is 7.58. The van der Waals surface area contributed by atoms with Gasteiger partial charge in [0.05, 0.1) is 23.5 Å². The van der Waals surface area contributed by atoms with Crippen molar-refractivity contribution in [1.29, 1.82) is 0 Å². The molecule has 44 heavy (non-hydrogen) atoms. The van der Waals surface area contributed by atoms with Crippen LogP contribution in [0.5, 0.6) is 11.5 Å². The van der Waals surface area contributed by atoms with E-state index in [4.69, 9.17) is 9.84 Å². The zero-order valence-corrected chi connectivity index (χ0v) is 30.7. The Morgan fingerprint density at radius 2 is 1.00 bits per heavy atom. The number of phenols is 2. The number of aliphatic carboxylic acids is 1. The summed E-state index contributed by atoms with van der Waals surface area (Å²) in [7, 11) is 0. The smallest absolute Gasteiger partial charge is 0.306 e. The number of hydrogen-bond acceptors (Lipinski definition) is 7. The van der Waals surface area contributed by atoms with Crippen molar-refractivity contribution in [3.8, 4) is 11.5 Å². The third-order valence-corrected chi connectivity index (χ3v) is 10.0. The molecule has 2 aromatic carbocycles. The van der Waals surface area contributed by atoms with Gasteiger partial charge in [0.1, 0.15) is 11.5 Å². The molecule has 3 N–H and O–H groups in total. The number of aromatic hydroxyl groups is 2. The van der Waals surface area contributed by atoms with Crippen LogP contribution in [0.4, 0.5) is 0 Å². The van der Waals surface area contributed by atoms with Crippen molar-refractivity contribution in [1.82, 2.24) is 0 Å². The number of thioether (sulfide) groups is 2. The van der Waals surface area contributed by atoms with Gasteiger partial charge in [-0.3, -0.25) is 9.59 Å². The van der Waals surface area contributed by atoms with Gasteiger partial charge in [-0.1, -0.05) is 76.2 Å². The Morgan fingerprint density at radius 3 is 1.36 bits per heavy atom. The van der Waals surface area contributed by atoms with E-state index in [2.05, 4.69) is 94.4 Å². The van der Waals surface area contributed by atoms with Crippen molar-refractivity contribution in [3.63, 3.8) is 0 Å². The maximum atomic E-state index is 12.0. The minimum absolute atomic E-state index is 0.127. The molecule has 0 saturated carbocycles. The fourth-order valence-corrected chi connectivity index (χ4v) is 7.58. The maximum absolute atomic E-state index is 12.0. The Balaban J connectivity index is 2.46. The highest BCUT2D eigenvalue weighted by molar-refractivity contribution is 8.18. The lowest BCUT2D eigenvalue weighted by Gasteiger charge is -2.32. The van der Waals surface area contributed by atoms with E-state index in [1.807, 2.05) is 19.9 Å². The average Bonchev–Trinajstić information content (AvgIpc) is 2.82. The van der Waals surface area contributed by atoms with Crippen molar-refractivity contribution in [3.05, 3.63) is 46.5 Å². The van der Waals surface area contributed by atoms with Crippen molar-refractivity contribution in [2.75, 3.05) is 6.61 Å². The van der Waals surface area contributed by atoms with Crippen LogP contribution in [0, 0.1) is 0 Å². The molecular formula is C36H54O6S2. The molecule has 0 atom stereocenters. The van der Waals surface area contributed by atoms with Gasteiger partial charge in [0.2, 0.25) is 0 Å². The van der Waals surface area contributed by atoms with Gasteiger partial charge in [0, 0.05) is 32.0 Å². The van der Waals surface area contributed by atoms with Crippen molar-refractivity contribution >= 4 is 35.5 Å². The second-order valence-electron chi connectivity index (χ2n) is 15.8. The van der Waals surface area contributed by atoms with Gasteiger partial charge in [0.25, 0.3) is 0 Å². The molecule has 0 bridgehead atoms. The van der Waals surface area contributed by atoms with Crippen LogP contribution >= 0.6 is 23.5 Å². The summed E-state index contributed by atoms with van der Waals surface area (Å²) in [4.78, 5) is 24.9. The summed E-state index contributed by atoms with van der Waals surface area (Å²) in [6.07, 6.45) is 0.0433. The van der Waals surface area contributed by atoms with Gasteiger partial charge in [-0.2, -0.15) is 0 Å². The normalized spacial score (nSPS) is 13.2. The molecule has 0 saturated heterocycles. The van der Waals surface area contributed by atoms with E-state index in [0.29, 0.717) is 12.2 Å². The lowest BCUT2D eigenvalue weighted by Crippen LogP contribution is -2.23. The molecule has 0 spiro atoms. The van der Waals surface area contributed by atoms with Gasteiger partial charge in [-0.25, -0.2) is 0 Å².